The van der Waals surface area contributed by atoms with Gasteiger partial charge >= 0.3 is 6.18 Å². The normalized spacial score (nSPS) is 21.1. The molecule has 9 nitrogen and oxygen atoms in total. The Balaban J connectivity index is 1.23. The van der Waals surface area contributed by atoms with Crippen LogP contribution in [0.3, 0.4) is 0 Å². The summed E-state index contributed by atoms with van der Waals surface area (Å²) in [6.07, 6.45) is 0.850. The minimum atomic E-state index is -4.35. The van der Waals surface area contributed by atoms with Crippen LogP contribution in [-0.4, -0.2) is 81.3 Å². The maximum absolute atomic E-state index is 13.0. The number of allylic oxidation sites excluding steroid dienone is 2. The fraction of sp³-hybridized carbons (Fsp3) is 0.448. The summed E-state index contributed by atoms with van der Waals surface area (Å²) in [5.41, 5.74) is 3.09. The number of nitrogens with one attached hydrogen (secondary N) is 2. The number of nitrogens with zero attached hydrogens (tertiary/aromatic N) is 5. The molecule has 2 aromatic rings. The highest BCUT2D eigenvalue weighted by Gasteiger charge is 2.38. The molecule has 2 N–H and O–H groups in total. The van der Waals surface area contributed by atoms with Crippen LogP contribution in [0.25, 0.3) is 11.8 Å². The van der Waals surface area contributed by atoms with Crippen LogP contribution >= 0.6 is 0 Å². The van der Waals surface area contributed by atoms with Gasteiger partial charge in [0.2, 0.25) is 11.9 Å². The lowest BCUT2D eigenvalue weighted by atomic mass is 9.98. The Morgan fingerprint density at radius 2 is 1.98 bits per heavy atom. The third-order valence-electron chi connectivity index (χ3n) is 7.90. The van der Waals surface area contributed by atoms with E-state index in [0.29, 0.717) is 42.3 Å². The molecule has 41 heavy (non-hydrogen) atoms. The van der Waals surface area contributed by atoms with Gasteiger partial charge in [-0.3, -0.25) is 9.59 Å². The van der Waals surface area contributed by atoms with Crippen molar-refractivity contribution in [2.75, 3.05) is 38.0 Å². The van der Waals surface area contributed by atoms with E-state index in [-0.39, 0.29) is 12.5 Å². The SMILES string of the molecule is C=Cn1nc(Nc2ccc(C(=O)N3C[C@@H]4CCN[C@@H]4C3)cc2)nc1/C(=C\C)C1=CCN(C(=O)CCC(F)(F)F)CC1. The van der Waals surface area contributed by atoms with Crippen LogP contribution in [0, 0.1) is 5.92 Å². The van der Waals surface area contributed by atoms with E-state index in [1.807, 2.05) is 36.1 Å². The van der Waals surface area contributed by atoms with Crippen molar-refractivity contribution < 1.29 is 22.8 Å². The molecule has 3 aliphatic heterocycles. The smallest absolute Gasteiger partial charge is 0.339 e. The molecule has 218 valence electrons. The maximum atomic E-state index is 13.0. The number of halogens is 3. The molecule has 0 bridgehead atoms. The van der Waals surface area contributed by atoms with Gasteiger partial charge in [-0.05, 0) is 62.1 Å². The zero-order valence-electron chi connectivity index (χ0n) is 23.0. The standard InChI is InChI=1S/C29H34F3N7O2/c1-3-23(19-11-15-37(16-12-19)25(40)9-13-29(30,31)32)26-35-28(36-39(26)4-2)34-22-7-5-20(6-8-22)27(41)38-17-21-10-14-33-24(21)18-38/h3-8,11,21,24,33H,2,9-10,12-18H2,1H3,(H,34,36)/b23-3-/t21-,24+/m0/s1. The van der Waals surface area contributed by atoms with Gasteiger partial charge < -0.3 is 20.4 Å². The van der Waals surface area contributed by atoms with E-state index < -0.39 is 24.9 Å². The van der Waals surface area contributed by atoms with Gasteiger partial charge in [0.25, 0.3) is 5.91 Å². The van der Waals surface area contributed by atoms with Crippen molar-refractivity contribution in [3.05, 3.63) is 60.0 Å². The van der Waals surface area contributed by atoms with E-state index in [1.54, 1.807) is 16.8 Å². The molecule has 5 rings (SSSR count). The molecule has 2 atom stereocenters. The van der Waals surface area contributed by atoms with Gasteiger partial charge in [0, 0.05) is 61.7 Å². The molecule has 12 heteroatoms. The molecule has 0 spiro atoms. The van der Waals surface area contributed by atoms with E-state index in [1.165, 1.54) is 11.1 Å². The molecule has 0 aliphatic carbocycles. The molecule has 2 saturated heterocycles. The first kappa shape index (κ1) is 28.6. The van der Waals surface area contributed by atoms with Crippen LogP contribution in [0.1, 0.15) is 48.8 Å². The topological polar surface area (TPSA) is 95.4 Å². The van der Waals surface area contributed by atoms with Crippen molar-refractivity contribution in [1.82, 2.24) is 29.9 Å². The molecule has 0 radical (unpaired) electrons. The number of rotatable bonds is 8. The quantitative estimate of drug-likeness (QED) is 0.488. The van der Waals surface area contributed by atoms with E-state index in [4.69, 9.17) is 0 Å². The van der Waals surface area contributed by atoms with Crippen molar-refractivity contribution >= 4 is 35.2 Å². The molecule has 1 aromatic carbocycles. The highest BCUT2D eigenvalue weighted by Crippen LogP contribution is 2.30. The highest BCUT2D eigenvalue weighted by atomic mass is 19.4. The third-order valence-corrected chi connectivity index (χ3v) is 7.90. The first-order valence-electron chi connectivity index (χ1n) is 13.8. The lowest BCUT2D eigenvalue weighted by Crippen LogP contribution is -2.35. The maximum Gasteiger partial charge on any atom is 0.389 e. The van der Waals surface area contributed by atoms with Gasteiger partial charge in [-0.15, -0.1) is 5.10 Å². The average molecular weight is 570 g/mol. The number of hydrogen-bond donors (Lipinski definition) is 2. The largest absolute Gasteiger partial charge is 0.389 e. The second-order valence-corrected chi connectivity index (χ2v) is 10.5. The van der Waals surface area contributed by atoms with Crippen LogP contribution in [0.5, 0.6) is 0 Å². The Bertz CT molecular complexity index is 1350. The molecule has 4 heterocycles. The van der Waals surface area contributed by atoms with E-state index in [0.717, 1.165) is 42.9 Å². The Morgan fingerprint density at radius 3 is 2.61 bits per heavy atom. The number of alkyl halides is 3. The fourth-order valence-corrected chi connectivity index (χ4v) is 5.72. The number of fused-ring (bicyclic) bond motifs is 1. The van der Waals surface area contributed by atoms with Crippen LogP contribution in [-0.2, 0) is 4.79 Å². The summed E-state index contributed by atoms with van der Waals surface area (Å²) < 4.78 is 39.1. The molecule has 0 unspecified atom stereocenters. The van der Waals surface area contributed by atoms with Crippen molar-refractivity contribution in [3.8, 4) is 0 Å². The van der Waals surface area contributed by atoms with Gasteiger partial charge in [-0.1, -0.05) is 18.7 Å². The summed E-state index contributed by atoms with van der Waals surface area (Å²) >= 11 is 0. The molecule has 3 aliphatic rings. The molecule has 2 fully saturated rings. The predicted octanol–water partition coefficient (Wildman–Crippen LogP) is 4.46. The highest BCUT2D eigenvalue weighted by molar-refractivity contribution is 5.95. The Morgan fingerprint density at radius 1 is 1.20 bits per heavy atom. The Labute approximate surface area is 236 Å². The number of anilines is 2. The first-order valence-corrected chi connectivity index (χ1v) is 13.8. The van der Waals surface area contributed by atoms with Crippen LogP contribution in [0.4, 0.5) is 24.8 Å². The number of benzene rings is 1. The predicted molar refractivity (Wildman–Crippen MR) is 150 cm³/mol. The first-order chi connectivity index (χ1) is 19.6. The van der Waals surface area contributed by atoms with Gasteiger partial charge in [-0.25, -0.2) is 4.68 Å². The second kappa shape index (κ2) is 11.9. The summed E-state index contributed by atoms with van der Waals surface area (Å²) in [6, 6.07) is 7.63. The third kappa shape index (κ3) is 6.53. The number of likely N-dealkylation sites (tertiary alicyclic amines) is 1. The molecule has 1 aromatic heterocycles. The Hall–Kier alpha value is -3.93. The Kier molecular flexibility index (Phi) is 8.30. The van der Waals surface area contributed by atoms with Gasteiger partial charge in [0.05, 0.1) is 6.42 Å². The number of amides is 2. The summed E-state index contributed by atoms with van der Waals surface area (Å²) in [5, 5.41) is 11.1. The zero-order chi connectivity index (χ0) is 29.1. The van der Waals surface area contributed by atoms with Crippen molar-refractivity contribution in [1.29, 1.82) is 0 Å². The summed E-state index contributed by atoms with van der Waals surface area (Å²) in [5.74, 6) is 0.956. The molecular formula is C29H34F3N7O2. The lowest BCUT2D eigenvalue weighted by Gasteiger charge is -2.27. The number of hydrogen-bond acceptors (Lipinski definition) is 6. The zero-order valence-corrected chi connectivity index (χ0v) is 23.0. The average Bonchev–Trinajstić information content (AvgIpc) is 3.68. The fourth-order valence-electron chi connectivity index (χ4n) is 5.72. The number of carbonyl (C=O) groups is 2. The lowest BCUT2D eigenvalue weighted by molar-refractivity contribution is -0.148. The van der Waals surface area contributed by atoms with E-state index >= 15 is 0 Å². The van der Waals surface area contributed by atoms with E-state index in [2.05, 4.69) is 27.3 Å². The monoisotopic (exact) mass is 569 g/mol. The van der Waals surface area contributed by atoms with Gasteiger partial charge in [0.1, 0.15) is 0 Å². The van der Waals surface area contributed by atoms with Gasteiger partial charge in [-0.2, -0.15) is 18.2 Å². The summed E-state index contributed by atoms with van der Waals surface area (Å²) in [6.45, 7) is 8.82. The second-order valence-electron chi connectivity index (χ2n) is 10.5. The van der Waals surface area contributed by atoms with E-state index in [9.17, 15) is 22.8 Å². The van der Waals surface area contributed by atoms with Crippen molar-refractivity contribution in [3.63, 3.8) is 0 Å². The van der Waals surface area contributed by atoms with Crippen LogP contribution in [0.2, 0.25) is 0 Å². The van der Waals surface area contributed by atoms with Crippen molar-refractivity contribution in [2.24, 2.45) is 5.92 Å². The van der Waals surface area contributed by atoms with Gasteiger partial charge in [0.15, 0.2) is 5.82 Å². The molecule has 2 amide bonds. The summed E-state index contributed by atoms with van der Waals surface area (Å²) in [4.78, 5) is 33.2. The van der Waals surface area contributed by atoms with Crippen LogP contribution in [0.15, 0.2) is 48.6 Å². The summed E-state index contributed by atoms with van der Waals surface area (Å²) in [7, 11) is 0. The molecule has 0 saturated carbocycles. The number of carbonyl (C=O) groups excluding carboxylic acids is 2. The van der Waals surface area contributed by atoms with Crippen molar-refractivity contribution in [2.45, 2.75) is 44.8 Å². The molecular weight excluding hydrogens is 535 g/mol. The van der Waals surface area contributed by atoms with Crippen LogP contribution < -0.4 is 10.6 Å². The minimum Gasteiger partial charge on any atom is -0.339 e. The number of aromatic nitrogens is 3. The minimum absolute atomic E-state index is 0.0307.